The number of hydrogen-bond acceptors (Lipinski definition) is 3. The Hall–Kier alpha value is -2.40. The first-order valence-corrected chi connectivity index (χ1v) is 8.48. The van der Waals surface area contributed by atoms with E-state index >= 15 is 0 Å². The van der Waals surface area contributed by atoms with Gasteiger partial charge in [-0.2, -0.15) is 0 Å². The number of carbonyl (C=O) groups excluding carboxylic acids is 1. The monoisotopic (exact) mass is 325 g/mol. The van der Waals surface area contributed by atoms with E-state index in [0.717, 1.165) is 29.4 Å². The van der Waals surface area contributed by atoms with Crippen molar-refractivity contribution in [3.8, 4) is 0 Å². The summed E-state index contributed by atoms with van der Waals surface area (Å²) in [5.41, 5.74) is 2.38. The molecule has 0 aliphatic heterocycles. The van der Waals surface area contributed by atoms with E-state index < -0.39 is 0 Å². The molecule has 0 aliphatic carbocycles. The summed E-state index contributed by atoms with van der Waals surface area (Å²) < 4.78 is 2.20. The number of carbonyl (C=O) groups is 1. The molecule has 0 unspecified atom stereocenters. The molecule has 2 heterocycles. The largest absolute Gasteiger partial charge is 0.351 e. The van der Waals surface area contributed by atoms with Crippen LogP contribution in [0.2, 0.25) is 0 Å². The Morgan fingerprint density at radius 3 is 2.78 bits per heavy atom. The smallest absolute Gasteiger partial charge is 0.261 e. The van der Waals surface area contributed by atoms with Crippen LogP contribution in [-0.4, -0.2) is 22.0 Å². The molecule has 1 N–H and O–H groups in total. The number of benzene rings is 1. The van der Waals surface area contributed by atoms with Crippen LogP contribution in [0.4, 0.5) is 0 Å². The molecule has 0 fully saturated rings. The molecule has 1 aromatic carbocycles. The average Bonchev–Trinajstić information content (AvgIpc) is 3.21. The van der Waals surface area contributed by atoms with E-state index in [-0.39, 0.29) is 5.91 Å². The lowest BCUT2D eigenvalue weighted by atomic mass is 10.2. The first kappa shape index (κ1) is 15.5. The molecule has 23 heavy (non-hydrogen) atoms. The molecule has 3 aromatic rings. The number of nitrogens with one attached hydrogen (secondary N) is 1. The van der Waals surface area contributed by atoms with Crippen LogP contribution in [0.5, 0.6) is 0 Å². The topological polar surface area (TPSA) is 46.9 Å². The SMILES string of the molecule is Cc1cnc(CCNC(=O)c2cccs2)n1Cc1ccccc1. The van der Waals surface area contributed by atoms with E-state index in [2.05, 4.69) is 33.9 Å². The molecule has 1 amide bonds. The van der Waals surface area contributed by atoms with Crippen molar-refractivity contribution in [2.45, 2.75) is 19.9 Å². The van der Waals surface area contributed by atoms with Crippen molar-refractivity contribution in [1.82, 2.24) is 14.9 Å². The van der Waals surface area contributed by atoms with Gasteiger partial charge in [0.05, 0.1) is 4.88 Å². The van der Waals surface area contributed by atoms with E-state index in [1.807, 2.05) is 41.9 Å². The van der Waals surface area contributed by atoms with Gasteiger partial charge in [-0.1, -0.05) is 36.4 Å². The minimum absolute atomic E-state index is 0.0158. The van der Waals surface area contributed by atoms with E-state index in [0.29, 0.717) is 6.54 Å². The quantitative estimate of drug-likeness (QED) is 0.756. The highest BCUT2D eigenvalue weighted by atomic mass is 32.1. The van der Waals surface area contributed by atoms with Crippen molar-refractivity contribution in [2.75, 3.05) is 6.54 Å². The van der Waals surface area contributed by atoms with Gasteiger partial charge in [-0.05, 0) is 23.9 Å². The fourth-order valence-electron chi connectivity index (χ4n) is 2.48. The summed E-state index contributed by atoms with van der Waals surface area (Å²) in [7, 11) is 0. The number of amides is 1. The number of rotatable bonds is 6. The molecule has 2 aromatic heterocycles. The minimum Gasteiger partial charge on any atom is -0.351 e. The molecule has 0 bridgehead atoms. The molecule has 0 radical (unpaired) electrons. The Morgan fingerprint density at radius 1 is 1.22 bits per heavy atom. The first-order valence-electron chi connectivity index (χ1n) is 7.60. The summed E-state index contributed by atoms with van der Waals surface area (Å²) in [6.07, 6.45) is 2.61. The van der Waals surface area contributed by atoms with Crippen LogP contribution in [0.15, 0.2) is 54.0 Å². The maximum atomic E-state index is 11.9. The number of imidazole rings is 1. The summed E-state index contributed by atoms with van der Waals surface area (Å²) in [5, 5.41) is 4.86. The highest BCUT2D eigenvalue weighted by molar-refractivity contribution is 7.12. The molecule has 0 saturated heterocycles. The highest BCUT2D eigenvalue weighted by Gasteiger charge is 2.09. The zero-order valence-corrected chi connectivity index (χ0v) is 13.8. The second-order valence-corrected chi connectivity index (χ2v) is 6.32. The Morgan fingerprint density at radius 2 is 2.04 bits per heavy atom. The third-order valence-electron chi connectivity index (χ3n) is 3.70. The molecular formula is C18H19N3OS. The second kappa shape index (κ2) is 7.24. The van der Waals surface area contributed by atoms with Crippen LogP contribution in [-0.2, 0) is 13.0 Å². The summed E-state index contributed by atoms with van der Waals surface area (Å²) >= 11 is 1.45. The van der Waals surface area contributed by atoms with Crippen molar-refractivity contribution in [2.24, 2.45) is 0 Å². The third kappa shape index (κ3) is 3.87. The third-order valence-corrected chi connectivity index (χ3v) is 4.57. The van der Waals surface area contributed by atoms with Gasteiger partial charge >= 0.3 is 0 Å². The zero-order valence-electron chi connectivity index (χ0n) is 13.0. The fraction of sp³-hybridized carbons (Fsp3) is 0.222. The molecule has 5 heteroatoms. The van der Waals surface area contributed by atoms with Crippen LogP contribution in [0.1, 0.15) is 26.8 Å². The van der Waals surface area contributed by atoms with E-state index in [9.17, 15) is 4.79 Å². The van der Waals surface area contributed by atoms with Crippen molar-refractivity contribution in [3.63, 3.8) is 0 Å². The number of aryl methyl sites for hydroxylation is 1. The van der Waals surface area contributed by atoms with Gasteiger partial charge in [-0.25, -0.2) is 4.98 Å². The Kier molecular flexibility index (Phi) is 4.88. The molecule has 0 atom stereocenters. The fourth-order valence-corrected chi connectivity index (χ4v) is 3.12. The maximum Gasteiger partial charge on any atom is 0.261 e. The highest BCUT2D eigenvalue weighted by Crippen LogP contribution is 2.11. The Labute approximate surface area is 139 Å². The van der Waals surface area contributed by atoms with Crippen LogP contribution in [0.3, 0.4) is 0 Å². The lowest BCUT2D eigenvalue weighted by Gasteiger charge is -2.11. The summed E-state index contributed by atoms with van der Waals surface area (Å²) in [6, 6.07) is 14.1. The van der Waals surface area contributed by atoms with Gasteiger partial charge in [0.15, 0.2) is 0 Å². The second-order valence-electron chi connectivity index (χ2n) is 5.37. The Balaban J connectivity index is 1.61. The predicted molar refractivity (Wildman–Crippen MR) is 92.9 cm³/mol. The normalized spacial score (nSPS) is 10.7. The van der Waals surface area contributed by atoms with Gasteiger partial charge in [0.25, 0.3) is 5.91 Å². The molecular weight excluding hydrogens is 306 g/mol. The lowest BCUT2D eigenvalue weighted by molar-refractivity contribution is 0.0958. The molecule has 0 spiro atoms. The molecule has 3 rings (SSSR count). The first-order chi connectivity index (χ1) is 11.2. The molecule has 0 aliphatic rings. The van der Waals surface area contributed by atoms with E-state index in [4.69, 9.17) is 0 Å². The van der Waals surface area contributed by atoms with E-state index in [1.54, 1.807) is 0 Å². The Bertz CT molecular complexity index is 763. The molecule has 0 saturated carbocycles. The summed E-state index contributed by atoms with van der Waals surface area (Å²) in [5.74, 6) is 0.982. The van der Waals surface area contributed by atoms with Crippen LogP contribution < -0.4 is 5.32 Å². The van der Waals surface area contributed by atoms with Crippen molar-refractivity contribution >= 4 is 17.2 Å². The number of hydrogen-bond donors (Lipinski definition) is 1. The number of thiophene rings is 1. The summed E-state index contributed by atoms with van der Waals surface area (Å²) in [6.45, 7) is 3.45. The molecule has 118 valence electrons. The minimum atomic E-state index is -0.0158. The van der Waals surface area contributed by atoms with Gasteiger partial charge in [-0.3, -0.25) is 4.79 Å². The standard InChI is InChI=1S/C18H19N3OS/c1-14-12-20-17(21(14)13-15-6-3-2-4-7-15)9-10-19-18(22)16-8-5-11-23-16/h2-8,11-12H,9-10,13H2,1H3,(H,19,22). The summed E-state index contributed by atoms with van der Waals surface area (Å²) in [4.78, 5) is 17.2. The molecule has 4 nitrogen and oxygen atoms in total. The lowest BCUT2D eigenvalue weighted by Crippen LogP contribution is -2.25. The zero-order chi connectivity index (χ0) is 16.1. The van der Waals surface area contributed by atoms with Gasteiger partial charge in [-0.15, -0.1) is 11.3 Å². The van der Waals surface area contributed by atoms with Crippen molar-refractivity contribution in [3.05, 3.63) is 76.0 Å². The van der Waals surface area contributed by atoms with Gasteiger partial charge in [0.2, 0.25) is 0 Å². The number of aromatic nitrogens is 2. The van der Waals surface area contributed by atoms with Crippen LogP contribution in [0, 0.1) is 6.92 Å². The van der Waals surface area contributed by atoms with Crippen LogP contribution in [0.25, 0.3) is 0 Å². The van der Waals surface area contributed by atoms with Crippen molar-refractivity contribution in [1.29, 1.82) is 0 Å². The van der Waals surface area contributed by atoms with Crippen LogP contribution >= 0.6 is 11.3 Å². The van der Waals surface area contributed by atoms with Gasteiger partial charge < -0.3 is 9.88 Å². The predicted octanol–water partition coefficient (Wildman–Crippen LogP) is 3.27. The number of nitrogens with zero attached hydrogens (tertiary/aromatic N) is 2. The average molecular weight is 325 g/mol. The van der Waals surface area contributed by atoms with Gasteiger partial charge in [0, 0.05) is 31.4 Å². The van der Waals surface area contributed by atoms with E-state index in [1.165, 1.54) is 16.9 Å². The van der Waals surface area contributed by atoms with Crippen molar-refractivity contribution < 1.29 is 4.79 Å². The van der Waals surface area contributed by atoms with Gasteiger partial charge in [0.1, 0.15) is 5.82 Å². The maximum absolute atomic E-state index is 11.9.